The van der Waals surface area contributed by atoms with Crippen LogP contribution in [0.3, 0.4) is 0 Å². The average Bonchev–Trinajstić information content (AvgIpc) is 2.79. The van der Waals surface area contributed by atoms with E-state index in [2.05, 4.69) is 5.32 Å². The smallest absolute Gasteiger partial charge is 0.407 e. The van der Waals surface area contributed by atoms with Gasteiger partial charge in [-0.1, -0.05) is 36.8 Å². The SMILES string of the molecule is Cc1c(C)c2ccc(OC(=O)CCCCCNC(=O)OCc3ccccc3)cc2oc1=O. The summed E-state index contributed by atoms with van der Waals surface area (Å²) in [5.41, 5.74) is 2.36. The predicted molar refractivity (Wildman–Crippen MR) is 121 cm³/mol. The number of alkyl carbamates (subject to hydrolysis) is 1. The fourth-order valence-electron chi connectivity index (χ4n) is 3.21. The standard InChI is InChI=1S/C25H27NO6/c1-17-18(2)24(28)32-22-15-20(12-13-21(17)22)31-23(27)11-7-4-8-14-26-25(29)30-16-19-9-5-3-6-10-19/h3,5-6,9-10,12-13,15H,4,7-8,11,14,16H2,1-2H3,(H,26,29). The summed E-state index contributed by atoms with van der Waals surface area (Å²) in [5, 5.41) is 3.51. The number of nitrogens with one attached hydrogen (secondary N) is 1. The average molecular weight is 437 g/mol. The molecule has 0 unspecified atom stereocenters. The van der Waals surface area contributed by atoms with Crippen molar-refractivity contribution in [2.45, 2.75) is 46.1 Å². The molecule has 3 aromatic rings. The molecule has 1 aromatic heterocycles. The Bertz CT molecular complexity index is 1140. The van der Waals surface area contributed by atoms with Crippen LogP contribution in [0.25, 0.3) is 11.0 Å². The van der Waals surface area contributed by atoms with Crippen LogP contribution in [0.4, 0.5) is 4.79 Å². The molecule has 7 heteroatoms. The lowest BCUT2D eigenvalue weighted by Gasteiger charge is -2.08. The molecule has 32 heavy (non-hydrogen) atoms. The molecule has 7 nitrogen and oxygen atoms in total. The van der Waals surface area contributed by atoms with Crippen molar-refractivity contribution in [2.75, 3.05) is 6.54 Å². The summed E-state index contributed by atoms with van der Waals surface area (Å²) in [6.07, 6.45) is 1.93. The second-order valence-corrected chi connectivity index (χ2v) is 7.57. The van der Waals surface area contributed by atoms with Gasteiger partial charge in [0, 0.05) is 30.0 Å². The van der Waals surface area contributed by atoms with Gasteiger partial charge in [0.15, 0.2) is 0 Å². The van der Waals surface area contributed by atoms with Crippen LogP contribution in [-0.4, -0.2) is 18.6 Å². The summed E-state index contributed by atoms with van der Waals surface area (Å²) >= 11 is 0. The molecule has 1 amide bonds. The second kappa shape index (κ2) is 11.1. The van der Waals surface area contributed by atoms with Crippen LogP contribution in [0.2, 0.25) is 0 Å². The van der Waals surface area contributed by atoms with Crippen molar-refractivity contribution in [1.82, 2.24) is 5.32 Å². The molecule has 0 atom stereocenters. The molecule has 0 saturated heterocycles. The van der Waals surface area contributed by atoms with Crippen molar-refractivity contribution in [3.05, 3.63) is 75.6 Å². The maximum absolute atomic E-state index is 12.1. The lowest BCUT2D eigenvalue weighted by molar-refractivity contribution is -0.134. The zero-order valence-electron chi connectivity index (χ0n) is 18.3. The number of carbonyl (C=O) groups excluding carboxylic acids is 2. The molecule has 0 bridgehead atoms. The quantitative estimate of drug-likeness (QED) is 0.224. The van der Waals surface area contributed by atoms with E-state index in [1.54, 1.807) is 25.1 Å². The number of unbranched alkanes of at least 4 members (excludes halogenated alkanes) is 2. The number of amides is 1. The molecule has 0 aliphatic carbocycles. The summed E-state index contributed by atoms with van der Waals surface area (Å²) in [7, 11) is 0. The van der Waals surface area contributed by atoms with Crippen molar-refractivity contribution < 1.29 is 23.5 Å². The van der Waals surface area contributed by atoms with Crippen LogP contribution >= 0.6 is 0 Å². The third-order valence-electron chi connectivity index (χ3n) is 5.20. The van der Waals surface area contributed by atoms with Gasteiger partial charge < -0.3 is 19.2 Å². The summed E-state index contributed by atoms with van der Waals surface area (Å²) < 4.78 is 15.8. The van der Waals surface area contributed by atoms with Gasteiger partial charge in [0.05, 0.1) is 0 Å². The number of aryl methyl sites for hydroxylation is 1. The Balaban J connectivity index is 1.33. The Morgan fingerprint density at radius 3 is 2.53 bits per heavy atom. The Morgan fingerprint density at radius 1 is 0.969 bits per heavy atom. The van der Waals surface area contributed by atoms with E-state index in [-0.39, 0.29) is 19.0 Å². The minimum absolute atomic E-state index is 0.232. The third kappa shape index (κ3) is 6.44. The third-order valence-corrected chi connectivity index (χ3v) is 5.20. The van der Waals surface area contributed by atoms with Crippen LogP contribution < -0.4 is 15.7 Å². The van der Waals surface area contributed by atoms with Crippen molar-refractivity contribution in [3.63, 3.8) is 0 Å². The largest absolute Gasteiger partial charge is 0.445 e. The summed E-state index contributed by atoms with van der Waals surface area (Å²) in [6, 6.07) is 14.5. The molecule has 0 fully saturated rings. The van der Waals surface area contributed by atoms with Gasteiger partial charge in [0.25, 0.3) is 0 Å². The highest BCUT2D eigenvalue weighted by Crippen LogP contribution is 2.24. The number of fused-ring (bicyclic) bond motifs is 1. The van der Waals surface area contributed by atoms with Crippen LogP contribution in [0.5, 0.6) is 5.75 Å². The maximum Gasteiger partial charge on any atom is 0.407 e. The van der Waals surface area contributed by atoms with E-state index in [0.717, 1.165) is 29.4 Å². The van der Waals surface area contributed by atoms with Gasteiger partial charge in [-0.2, -0.15) is 0 Å². The number of rotatable bonds is 9. The van der Waals surface area contributed by atoms with Crippen LogP contribution in [0.15, 0.2) is 57.7 Å². The Hall–Kier alpha value is -3.61. The molecule has 0 aliphatic heterocycles. The van der Waals surface area contributed by atoms with Crippen LogP contribution in [-0.2, 0) is 16.1 Å². The Kier molecular flexibility index (Phi) is 8.02. The first-order valence-electron chi connectivity index (χ1n) is 10.6. The molecule has 1 N–H and O–H groups in total. The zero-order valence-corrected chi connectivity index (χ0v) is 18.3. The van der Waals surface area contributed by atoms with Gasteiger partial charge in [-0.25, -0.2) is 9.59 Å². The van der Waals surface area contributed by atoms with Gasteiger partial charge in [-0.05, 0) is 49.9 Å². The monoisotopic (exact) mass is 437 g/mol. The highest BCUT2D eigenvalue weighted by atomic mass is 16.5. The predicted octanol–water partition coefficient (Wildman–Crippen LogP) is 4.80. The number of benzene rings is 2. The minimum Gasteiger partial charge on any atom is -0.445 e. The van der Waals surface area contributed by atoms with Gasteiger partial charge in [0.1, 0.15) is 17.9 Å². The first-order valence-corrected chi connectivity index (χ1v) is 10.6. The minimum atomic E-state index is -0.457. The van der Waals surface area contributed by atoms with E-state index >= 15 is 0 Å². The van der Waals surface area contributed by atoms with E-state index in [1.165, 1.54) is 0 Å². The van der Waals surface area contributed by atoms with Gasteiger partial charge in [-0.3, -0.25) is 4.79 Å². The van der Waals surface area contributed by atoms with Crippen molar-refractivity contribution in [1.29, 1.82) is 0 Å². The van der Waals surface area contributed by atoms with E-state index in [4.69, 9.17) is 13.9 Å². The molecular formula is C25H27NO6. The van der Waals surface area contributed by atoms with E-state index < -0.39 is 11.7 Å². The maximum atomic E-state index is 12.1. The number of hydrogen-bond acceptors (Lipinski definition) is 6. The fourth-order valence-corrected chi connectivity index (χ4v) is 3.21. The van der Waals surface area contributed by atoms with Crippen LogP contribution in [0.1, 0.15) is 42.4 Å². The summed E-state index contributed by atoms with van der Waals surface area (Å²) in [5.74, 6) is -0.0116. The van der Waals surface area contributed by atoms with E-state index in [1.807, 2.05) is 37.3 Å². The Labute approximate surface area is 186 Å². The lowest BCUT2D eigenvalue weighted by atomic mass is 10.1. The second-order valence-electron chi connectivity index (χ2n) is 7.57. The number of ether oxygens (including phenoxy) is 2. The molecule has 0 saturated carbocycles. The highest BCUT2D eigenvalue weighted by molar-refractivity contribution is 5.83. The summed E-state index contributed by atoms with van der Waals surface area (Å²) in [6.45, 7) is 4.29. The van der Waals surface area contributed by atoms with Crippen molar-refractivity contribution >= 4 is 23.0 Å². The normalized spacial score (nSPS) is 10.7. The number of esters is 1. The van der Waals surface area contributed by atoms with Gasteiger partial charge in [0.2, 0.25) is 0 Å². The molecule has 0 radical (unpaired) electrons. The van der Waals surface area contributed by atoms with E-state index in [0.29, 0.717) is 29.9 Å². The molecule has 1 heterocycles. The number of carbonyl (C=O) groups is 2. The highest BCUT2D eigenvalue weighted by Gasteiger charge is 2.11. The molecule has 0 aliphatic rings. The molecule has 168 valence electrons. The Morgan fingerprint density at radius 2 is 1.75 bits per heavy atom. The number of hydrogen-bond donors (Lipinski definition) is 1. The van der Waals surface area contributed by atoms with Gasteiger partial charge >= 0.3 is 17.7 Å². The van der Waals surface area contributed by atoms with Crippen molar-refractivity contribution in [2.24, 2.45) is 0 Å². The summed E-state index contributed by atoms with van der Waals surface area (Å²) in [4.78, 5) is 35.6. The first kappa shape index (κ1) is 23.1. The topological polar surface area (TPSA) is 94.8 Å². The molecule has 3 rings (SSSR count). The van der Waals surface area contributed by atoms with E-state index in [9.17, 15) is 14.4 Å². The van der Waals surface area contributed by atoms with Crippen molar-refractivity contribution in [3.8, 4) is 5.75 Å². The molecule has 2 aromatic carbocycles. The zero-order chi connectivity index (χ0) is 22.9. The van der Waals surface area contributed by atoms with Crippen LogP contribution in [0, 0.1) is 13.8 Å². The first-order chi connectivity index (χ1) is 15.4. The lowest BCUT2D eigenvalue weighted by Crippen LogP contribution is -2.25. The fraction of sp³-hybridized carbons (Fsp3) is 0.320. The van der Waals surface area contributed by atoms with Gasteiger partial charge in [-0.15, -0.1) is 0 Å². The molecular weight excluding hydrogens is 410 g/mol. The molecule has 0 spiro atoms.